The van der Waals surface area contributed by atoms with Crippen molar-refractivity contribution in [2.45, 2.75) is 33.1 Å². The minimum atomic E-state index is -0.821. The molecule has 0 aliphatic carbocycles. The van der Waals surface area contributed by atoms with E-state index in [1.165, 1.54) is 0 Å². The smallest absolute Gasteiger partial charge is 0.317 e. The van der Waals surface area contributed by atoms with Gasteiger partial charge in [-0.3, -0.25) is 4.79 Å². The van der Waals surface area contributed by atoms with Crippen molar-refractivity contribution in [3.05, 3.63) is 0 Å². The van der Waals surface area contributed by atoms with Crippen molar-refractivity contribution in [1.82, 2.24) is 10.2 Å². The summed E-state index contributed by atoms with van der Waals surface area (Å²) in [6, 6.07) is -0.166. The maximum absolute atomic E-state index is 11.8. The van der Waals surface area contributed by atoms with Crippen molar-refractivity contribution in [1.29, 1.82) is 0 Å². The highest BCUT2D eigenvalue weighted by atomic mass is 16.5. The number of urea groups is 1. The molecule has 2 amide bonds. The molecule has 0 heterocycles. The van der Waals surface area contributed by atoms with Crippen LogP contribution in [0.15, 0.2) is 0 Å². The number of carbonyl (C=O) groups is 2. The van der Waals surface area contributed by atoms with Crippen LogP contribution in [0.1, 0.15) is 33.1 Å². The van der Waals surface area contributed by atoms with Crippen molar-refractivity contribution < 1.29 is 19.4 Å². The van der Waals surface area contributed by atoms with Gasteiger partial charge in [0, 0.05) is 40.3 Å². The fourth-order valence-corrected chi connectivity index (χ4v) is 2.07. The summed E-state index contributed by atoms with van der Waals surface area (Å²) in [6.45, 7) is 5.74. The summed E-state index contributed by atoms with van der Waals surface area (Å²) < 4.78 is 4.93. The van der Waals surface area contributed by atoms with Crippen LogP contribution in [0.25, 0.3) is 0 Å². The lowest BCUT2D eigenvalue weighted by atomic mass is 9.94. The van der Waals surface area contributed by atoms with Crippen LogP contribution in [0.4, 0.5) is 4.79 Å². The first-order valence-electron chi connectivity index (χ1n) is 7.06. The molecule has 20 heavy (non-hydrogen) atoms. The average molecular weight is 288 g/mol. The lowest BCUT2D eigenvalue weighted by Crippen LogP contribution is -2.40. The number of aliphatic carboxylic acids is 1. The molecule has 0 unspecified atom stereocenters. The number of carbonyl (C=O) groups excluding carboxylic acids is 1. The molecule has 0 saturated heterocycles. The van der Waals surface area contributed by atoms with Crippen LogP contribution in [0.5, 0.6) is 0 Å². The number of carboxylic acid groups (broad SMARTS) is 1. The zero-order chi connectivity index (χ0) is 15.5. The number of nitrogens with one attached hydrogen (secondary N) is 1. The molecule has 0 aromatic rings. The third-order valence-electron chi connectivity index (χ3n) is 3.00. The molecule has 0 fully saturated rings. The molecule has 0 rings (SSSR count). The molecule has 6 nitrogen and oxygen atoms in total. The van der Waals surface area contributed by atoms with Crippen molar-refractivity contribution in [2.24, 2.45) is 11.8 Å². The lowest BCUT2D eigenvalue weighted by molar-refractivity contribution is -0.138. The van der Waals surface area contributed by atoms with E-state index in [4.69, 9.17) is 9.84 Å². The molecule has 0 bridgehead atoms. The Morgan fingerprint density at radius 1 is 1.35 bits per heavy atom. The number of nitrogens with zero attached hydrogens (tertiary/aromatic N) is 1. The van der Waals surface area contributed by atoms with Crippen LogP contribution >= 0.6 is 0 Å². The quantitative estimate of drug-likeness (QED) is 0.601. The number of carboxylic acids is 1. The van der Waals surface area contributed by atoms with Crippen LogP contribution in [-0.4, -0.2) is 55.9 Å². The Morgan fingerprint density at radius 3 is 2.50 bits per heavy atom. The van der Waals surface area contributed by atoms with E-state index in [1.807, 2.05) is 13.8 Å². The van der Waals surface area contributed by atoms with Gasteiger partial charge in [0.2, 0.25) is 0 Å². The highest BCUT2D eigenvalue weighted by molar-refractivity contribution is 5.74. The highest BCUT2D eigenvalue weighted by Crippen LogP contribution is 2.14. The van der Waals surface area contributed by atoms with Gasteiger partial charge in [-0.15, -0.1) is 0 Å². The molecule has 1 atom stereocenters. The molecule has 6 heteroatoms. The van der Waals surface area contributed by atoms with Gasteiger partial charge in [-0.2, -0.15) is 0 Å². The van der Waals surface area contributed by atoms with Crippen molar-refractivity contribution in [3.8, 4) is 0 Å². The molecule has 0 aliphatic rings. The van der Waals surface area contributed by atoms with E-state index in [0.717, 1.165) is 12.8 Å². The second kappa shape index (κ2) is 10.5. The Kier molecular flexibility index (Phi) is 9.80. The lowest BCUT2D eigenvalue weighted by Gasteiger charge is -2.21. The predicted molar refractivity (Wildman–Crippen MR) is 77.7 cm³/mol. The third-order valence-corrected chi connectivity index (χ3v) is 3.00. The van der Waals surface area contributed by atoms with Gasteiger partial charge in [0.25, 0.3) is 0 Å². The molecule has 0 radical (unpaired) electrons. The van der Waals surface area contributed by atoms with E-state index in [0.29, 0.717) is 25.6 Å². The van der Waals surface area contributed by atoms with Gasteiger partial charge in [0.05, 0.1) is 0 Å². The van der Waals surface area contributed by atoms with Crippen LogP contribution in [0, 0.1) is 11.8 Å². The zero-order valence-electron chi connectivity index (χ0n) is 13.0. The summed E-state index contributed by atoms with van der Waals surface area (Å²) in [7, 11) is 3.35. The molecular formula is C14H28N2O4. The second-order valence-corrected chi connectivity index (χ2v) is 5.55. The van der Waals surface area contributed by atoms with Crippen LogP contribution in [0.2, 0.25) is 0 Å². The minimum absolute atomic E-state index is 0.0242. The Bertz CT molecular complexity index is 295. The number of ether oxygens (including phenoxy) is 1. The summed E-state index contributed by atoms with van der Waals surface area (Å²) in [5, 5.41) is 11.7. The Labute approximate surface area is 121 Å². The first-order chi connectivity index (χ1) is 9.36. The second-order valence-electron chi connectivity index (χ2n) is 5.55. The number of rotatable bonds is 10. The van der Waals surface area contributed by atoms with Gasteiger partial charge in [-0.25, -0.2) is 4.79 Å². The van der Waals surface area contributed by atoms with E-state index in [1.54, 1.807) is 19.1 Å². The molecular weight excluding hydrogens is 260 g/mol. The Hall–Kier alpha value is -1.30. The molecule has 0 aromatic heterocycles. The fraction of sp³-hybridized carbons (Fsp3) is 0.857. The van der Waals surface area contributed by atoms with E-state index >= 15 is 0 Å². The van der Waals surface area contributed by atoms with Crippen LogP contribution in [0.3, 0.4) is 0 Å². The first kappa shape index (κ1) is 18.7. The molecule has 2 N–H and O–H groups in total. The SMILES string of the molecule is COCCCN(C)C(=O)NC[C@H](CC(=O)O)CC(C)C. The monoisotopic (exact) mass is 288 g/mol. The van der Waals surface area contributed by atoms with Crippen LogP contribution < -0.4 is 5.32 Å². The zero-order valence-corrected chi connectivity index (χ0v) is 13.0. The molecule has 118 valence electrons. The summed E-state index contributed by atoms with van der Waals surface area (Å²) in [4.78, 5) is 24.2. The third kappa shape index (κ3) is 9.61. The van der Waals surface area contributed by atoms with E-state index < -0.39 is 5.97 Å². The van der Waals surface area contributed by atoms with E-state index in [2.05, 4.69) is 5.32 Å². The minimum Gasteiger partial charge on any atom is -0.481 e. The van der Waals surface area contributed by atoms with E-state index in [-0.39, 0.29) is 18.4 Å². The largest absolute Gasteiger partial charge is 0.481 e. The maximum Gasteiger partial charge on any atom is 0.317 e. The van der Waals surface area contributed by atoms with Gasteiger partial charge < -0.3 is 20.1 Å². The number of hydrogen-bond acceptors (Lipinski definition) is 3. The van der Waals surface area contributed by atoms with Gasteiger partial charge in [0.1, 0.15) is 0 Å². The number of amides is 2. The van der Waals surface area contributed by atoms with Gasteiger partial charge >= 0.3 is 12.0 Å². The van der Waals surface area contributed by atoms with E-state index in [9.17, 15) is 9.59 Å². The highest BCUT2D eigenvalue weighted by Gasteiger charge is 2.17. The summed E-state index contributed by atoms with van der Waals surface area (Å²) in [5.74, 6) is -0.433. The predicted octanol–water partition coefficient (Wildman–Crippen LogP) is 1.80. The molecule has 0 aliphatic heterocycles. The fourth-order valence-electron chi connectivity index (χ4n) is 2.07. The summed E-state index contributed by atoms with van der Waals surface area (Å²) in [5.41, 5.74) is 0. The molecule has 0 spiro atoms. The summed E-state index contributed by atoms with van der Waals surface area (Å²) >= 11 is 0. The normalized spacial score (nSPS) is 12.2. The average Bonchev–Trinajstić information content (AvgIpc) is 2.34. The van der Waals surface area contributed by atoms with Gasteiger partial charge in [0.15, 0.2) is 0 Å². The number of methoxy groups -OCH3 is 1. The van der Waals surface area contributed by atoms with Gasteiger partial charge in [-0.05, 0) is 24.7 Å². The Morgan fingerprint density at radius 2 is 2.00 bits per heavy atom. The molecule has 0 saturated carbocycles. The number of hydrogen-bond donors (Lipinski definition) is 2. The standard InChI is InChI=1S/C14H28N2O4/c1-11(2)8-12(9-13(17)18)10-15-14(19)16(3)6-5-7-20-4/h11-12H,5-10H2,1-4H3,(H,15,19)(H,17,18)/t12-/m0/s1. The maximum atomic E-state index is 11.8. The van der Waals surface area contributed by atoms with Crippen molar-refractivity contribution in [2.75, 3.05) is 33.9 Å². The molecule has 0 aromatic carbocycles. The van der Waals surface area contributed by atoms with Gasteiger partial charge in [-0.1, -0.05) is 13.8 Å². The van der Waals surface area contributed by atoms with Crippen molar-refractivity contribution in [3.63, 3.8) is 0 Å². The van der Waals surface area contributed by atoms with Crippen LogP contribution in [-0.2, 0) is 9.53 Å². The Balaban J connectivity index is 4.11. The summed E-state index contributed by atoms with van der Waals surface area (Å²) in [6.07, 6.45) is 1.66. The van der Waals surface area contributed by atoms with Crippen molar-refractivity contribution >= 4 is 12.0 Å². The topological polar surface area (TPSA) is 78.9 Å². The first-order valence-corrected chi connectivity index (χ1v) is 7.06.